The van der Waals surface area contributed by atoms with E-state index in [1.807, 2.05) is 0 Å². The Hall–Kier alpha value is -3.49. The Morgan fingerprint density at radius 1 is 1.06 bits per heavy atom. The van der Waals surface area contributed by atoms with Crippen LogP contribution in [0.4, 0.5) is 17.6 Å². The predicted octanol–water partition coefficient (Wildman–Crippen LogP) is 3.92. The van der Waals surface area contributed by atoms with E-state index < -0.39 is 29.3 Å². The fourth-order valence-electron chi connectivity index (χ4n) is 3.80. The number of aromatic nitrogens is 2. The molecule has 2 N–H and O–H groups in total. The van der Waals surface area contributed by atoms with Crippen molar-refractivity contribution < 1.29 is 17.6 Å². The number of nitrogens with one attached hydrogen (secondary N) is 2. The average molecular weight is 430 g/mol. The molecule has 1 aliphatic heterocycles. The Morgan fingerprint density at radius 3 is 2.32 bits per heavy atom. The van der Waals surface area contributed by atoms with Gasteiger partial charge in [-0.1, -0.05) is 18.2 Å². The lowest BCUT2D eigenvalue weighted by Gasteiger charge is -2.35. The molecule has 9 heteroatoms. The quantitative estimate of drug-likeness (QED) is 0.619. The van der Waals surface area contributed by atoms with Gasteiger partial charge in [-0.05, 0) is 43.7 Å². The van der Waals surface area contributed by atoms with E-state index in [1.165, 1.54) is 24.4 Å². The molecule has 0 spiro atoms. The molecule has 0 amide bonds. The van der Waals surface area contributed by atoms with Crippen molar-refractivity contribution in [1.82, 2.24) is 15.3 Å². The van der Waals surface area contributed by atoms with Gasteiger partial charge in [0.25, 0.3) is 5.56 Å². The molecule has 31 heavy (non-hydrogen) atoms. The normalized spacial score (nSPS) is 21.0. The Morgan fingerprint density at radius 2 is 1.74 bits per heavy atom. The minimum Gasteiger partial charge on any atom is -0.354 e. The summed E-state index contributed by atoms with van der Waals surface area (Å²) in [5.41, 5.74) is -0.148. The van der Waals surface area contributed by atoms with E-state index in [0.29, 0.717) is 28.1 Å². The van der Waals surface area contributed by atoms with Gasteiger partial charge in [-0.3, -0.25) is 14.8 Å². The summed E-state index contributed by atoms with van der Waals surface area (Å²) < 4.78 is 52.6. The van der Waals surface area contributed by atoms with Crippen LogP contribution in [0.3, 0.4) is 0 Å². The average Bonchev–Trinajstić information content (AvgIpc) is 3.08. The maximum atomic E-state index is 13.6. The summed E-state index contributed by atoms with van der Waals surface area (Å²) in [6, 6.07) is 9.15. The molecule has 3 heterocycles. The van der Waals surface area contributed by atoms with Gasteiger partial charge in [0.1, 0.15) is 22.9 Å². The third kappa shape index (κ3) is 3.60. The Labute approximate surface area is 174 Å². The number of hydrogen-bond acceptors (Lipinski definition) is 4. The molecule has 0 aliphatic carbocycles. The Kier molecular flexibility index (Phi) is 4.91. The molecule has 1 aliphatic rings. The number of aliphatic imine (C=N–C) groups is 1. The van der Waals surface area contributed by atoms with Crippen molar-refractivity contribution in [3.8, 4) is 0 Å². The van der Waals surface area contributed by atoms with Gasteiger partial charge in [0.2, 0.25) is 0 Å². The number of nitrogens with zero attached hydrogens (tertiary/aromatic N) is 2. The van der Waals surface area contributed by atoms with E-state index in [0.717, 1.165) is 12.3 Å². The molecule has 5 nitrogen and oxygen atoms in total. The molecule has 0 bridgehead atoms. The number of hydrogen-bond donors (Lipinski definition) is 2. The fraction of sp³-hybridized carbons (Fsp3) is 0.227. The van der Waals surface area contributed by atoms with E-state index in [1.54, 1.807) is 32.0 Å². The smallest absolute Gasteiger partial charge is 0.354 e. The van der Waals surface area contributed by atoms with Crippen LogP contribution in [0.15, 0.2) is 64.6 Å². The molecular weight excluding hydrogens is 412 g/mol. The van der Waals surface area contributed by atoms with Gasteiger partial charge < -0.3 is 10.3 Å². The lowest BCUT2D eigenvalue weighted by Crippen LogP contribution is -2.48. The molecule has 0 fully saturated rings. The number of aromatic amines is 1. The first-order valence-corrected chi connectivity index (χ1v) is 9.47. The number of halogens is 4. The highest BCUT2D eigenvalue weighted by molar-refractivity contribution is 6.01. The zero-order chi connectivity index (χ0) is 22.4. The first-order chi connectivity index (χ1) is 14.6. The van der Waals surface area contributed by atoms with Crippen molar-refractivity contribution in [2.24, 2.45) is 4.99 Å². The number of pyridine rings is 2. The molecule has 160 valence electrons. The second kappa shape index (κ2) is 7.33. The molecule has 2 aromatic heterocycles. The molecular formula is C22H18F4N4O. The standard InChI is InChI=1S/C22H18F4N4O/c1-12-9-14(10-28-20(12)31)19-29-13(2)21(30-19,15-3-6-17(23)7-4-15)16-5-8-18(27-11-16)22(24,25)26/h3-11,13H,1-2H3,(H,28,31)(H,29,30)/t13-,21?/m0/s1. The topological polar surface area (TPSA) is 70.1 Å². The minimum absolute atomic E-state index is 0.230. The zero-order valence-electron chi connectivity index (χ0n) is 16.6. The molecule has 4 rings (SSSR count). The number of amidine groups is 1. The summed E-state index contributed by atoms with van der Waals surface area (Å²) in [5.74, 6) is 0.0172. The summed E-state index contributed by atoms with van der Waals surface area (Å²) in [6.45, 7) is 3.47. The first kappa shape index (κ1) is 20.8. The highest BCUT2D eigenvalue weighted by Gasteiger charge is 2.46. The van der Waals surface area contributed by atoms with E-state index in [4.69, 9.17) is 0 Å². The van der Waals surface area contributed by atoms with E-state index >= 15 is 0 Å². The van der Waals surface area contributed by atoms with E-state index in [2.05, 4.69) is 20.3 Å². The summed E-state index contributed by atoms with van der Waals surface area (Å²) in [4.78, 5) is 22.6. The SMILES string of the molecule is Cc1cc(C2=N[C@@H](C)C(c3ccc(F)cc3)(c3ccc(C(F)(F)F)nc3)N2)c[nH]c1=O. The molecule has 0 saturated carbocycles. The fourth-order valence-corrected chi connectivity index (χ4v) is 3.80. The zero-order valence-corrected chi connectivity index (χ0v) is 16.6. The largest absolute Gasteiger partial charge is 0.433 e. The summed E-state index contributed by atoms with van der Waals surface area (Å²) in [5, 5.41) is 3.31. The van der Waals surface area contributed by atoms with Crippen LogP contribution in [0.25, 0.3) is 0 Å². The van der Waals surface area contributed by atoms with Crippen molar-refractivity contribution in [1.29, 1.82) is 0 Å². The van der Waals surface area contributed by atoms with Gasteiger partial charge in [-0.15, -0.1) is 0 Å². The third-order valence-electron chi connectivity index (χ3n) is 5.44. The number of rotatable bonds is 3. The third-order valence-corrected chi connectivity index (χ3v) is 5.44. The number of H-pyrrole nitrogens is 1. The Balaban J connectivity index is 1.83. The van der Waals surface area contributed by atoms with Crippen LogP contribution in [0.2, 0.25) is 0 Å². The van der Waals surface area contributed by atoms with Gasteiger partial charge in [0.05, 0.1) is 6.04 Å². The highest BCUT2D eigenvalue weighted by Crippen LogP contribution is 2.39. The van der Waals surface area contributed by atoms with Crippen molar-refractivity contribution in [3.05, 3.63) is 99.0 Å². The van der Waals surface area contributed by atoms with Gasteiger partial charge in [0.15, 0.2) is 0 Å². The second-order valence-corrected chi connectivity index (χ2v) is 7.42. The Bertz CT molecular complexity index is 1200. The monoisotopic (exact) mass is 430 g/mol. The van der Waals surface area contributed by atoms with Crippen LogP contribution in [-0.2, 0) is 11.7 Å². The highest BCUT2D eigenvalue weighted by atomic mass is 19.4. The summed E-state index contributed by atoms with van der Waals surface area (Å²) in [6.07, 6.45) is -1.89. The molecule has 2 atom stereocenters. The maximum Gasteiger partial charge on any atom is 0.433 e. The molecule has 0 radical (unpaired) electrons. The number of aryl methyl sites for hydroxylation is 1. The summed E-state index contributed by atoms with van der Waals surface area (Å²) >= 11 is 0. The van der Waals surface area contributed by atoms with Gasteiger partial charge >= 0.3 is 6.18 Å². The van der Waals surface area contributed by atoms with E-state index in [9.17, 15) is 22.4 Å². The number of alkyl halides is 3. The van der Waals surface area contributed by atoms with Gasteiger partial charge in [0, 0.05) is 29.1 Å². The summed E-state index contributed by atoms with van der Waals surface area (Å²) in [7, 11) is 0. The van der Waals surface area contributed by atoms with Crippen LogP contribution >= 0.6 is 0 Å². The number of benzene rings is 1. The van der Waals surface area contributed by atoms with Crippen molar-refractivity contribution >= 4 is 5.84 Å². The van der Waals surface area contributed by atoms with Crippen LogP contribution < -0.4 is 10.9 Å². The van der Waals surface area contributed by atoms with Crippen LogP contribution in [0.1, 0.15) is 34.9 Å². The van der Waals surface area contributed by atoms with Crippen LogP contribution in [0.5, 0.6) is 0 Å². The molecule has 3 aromatic rings. The lowest BCUT2D eigenvalue weighted by molar-refractivity contribution is -0.141. The molecule has 1 aromatic carbocycles. The minimum atomic E-state index is -4.56. The lowest BCUT2D eigenvalue weighted by atomic mass is 9.79. The van der Waals surface area contributed by atoms with Gasteiger partial charge in [-0.2, -0.15) is 13.2 Å². The van der Waals surface area contributed by atoms with Crippen LogP contribution in [0, 0.1) is 12.7 Å². The van der Waals surface area contributed by atoms with Crippen molar-refractivity contribution in [2.75, 3.05) is 0 Å². The predicted molar refractivity (Wildman–Crippen MR) is 107 cm³/mol. The molecule has 0 saturated heterocycles. The first-order valence-electron chi connectivity index (χ1n) is 9.47. The second-order valence-electron chi connectivity index (χ2n) is 7.42. The molecule has 1 unspecified atom stereocenters. The van der Waals surface area contributed by atoms with E-state index in [-0.39, 0.29) is 5.56 Å². The maximum absolute atomic E-state index is 13.6. The van der Waals surface area contributed by atoms with Crippen LogP contribution in [-0.4, -0.2) is 21.8 Å². The van der Waals surface area contributed by atoms with Crippen molar-refractivity contribution in [2.45, 2.75) is 31.6 Å². The van der Waals surface area contributed by atoms with Gasteiger partial charge in [-0.25, -0.2) is 4.39 Å². The van der Waals surface area contributed by atoms with Crippen molar-refractivity contribution in [3.63, 3.8) is 0 Å².